The summed E-state index contributed by atoms with van der Waals surface area (Å²) in [5.41, 5.74) is 3.85. The van der Waals surface area contributed by atoms with Crippen molar-refractivity contribution in [3.8, 4) is 0 Å². The van der Waals surface area contributed by atoms with Gasteiger partial charge in [-0.3, -0.25) is 9.97 Å². The van der Waals surface area contributed by atoms with E-state index in [2.05, 4.69) is 89.7 Å². The van der Waals surface area contributed by atoms with Crippen molar-refractivity contribution in [3.63, 3.8) is 0 Å². The molecule has 0 aromatic carbocycles. The number of hydrogen-bond acceptors (Lipinski definition) is 11. The summed E-state index contributed by atoms with van der Waals surface area (Å²) >= 11 is 7.07. The lowest BCUT2D eigenvalue weighted by Crippen LogP contribution is -2.23. The molecule has 2 fully saturated rings. The van der Waals surface area contributed by atoms with Gasteiger partial charge in [-0.2, -0.15) is 19.2 Å². The molecule has 1 unspecified atom stereocenters. The quantitative estimate of drug-likeness (QED) is 0.104. The van der Waals surface area contributed by atoms with Crippen LogP contribution in [0.15, 0.2) is 82.5 Å². The van der Waals surface area contributed by atoms with Gasteiger partial charge in [-0.1, -0.05) is 31.4 Å². The first-order valence-corrected chi connectivity index (χ1v) is 18.3. The molecule has 1 saturated carbocycles. The monoisotopic (exact) mass is 787 g/mol. The van der Waals surface area contributed by atoms with E-state index in [-0.39, 0.29) is 0 Å². The minimum absolute atomic E-state index is 0.410. The Labute approximate surface area is 301 Å². The summed E-state index contributed by atoms with van der Waals surface area (Å²) in [7, 11) is 0. The van der Waals surface area contributed by atoms with E-state index >= 15 is 0 Å². The lowest BCUT2D eigenvalue weighted by molar-refractivity contribution is 0.462. The highest BCUT2D eigenvalue weighted by molar-refractivity contribution is 9.11. The fourth-order valence-corrected chi connectivity index (χ4v) is 6.80. The van der Waals surface area contributed by atoms with Gasteiger partial charge in [0.2, 0.25) is 0 Å². The van der Waals surface area contributed by atoms with Crippen LogP contribution < -0.4 is 26.6 Å². The molecule has 0 bridgehead atoms. The second-order valence-electron chi connectivity index (χ2n) is 12.3. The van der Waals surface area contributed by atoms with Crippen molar-refractivity contribution < 1.29 is 0 Å². The molecule has 1 aliphatic carbocycles. The zero-order valence-electron chi connectivity index (χ0n) is 27.0. The minimum Gasteiger partial charge on any atom is -0.367 e. The molecule has 254 valence electrons. The Kier molecular flexibility index (Phi) is 10.8. The van der Waals surface area contributed by atoms with Gasteiger partial charge in [0.15, 0.2) is 11.3 Å². The molecule has 15 heteroatoms. The molecule has 49 heavy (non-hydrogen) atoms. The lowest BCUT2D eigenvalue weighted by atomic mass is 9.95. The summed E-state index contributed by atoms with van der Waals surface area (Å²) in [6.07, 6.45) is 18.3. The Hall–Kier alpha value is -4.34. The van der Waals surface area contributed by atoms with Crippen molar-refractivity contribution in [2.45, 2.75) is 63.7 Å². The Morgan fingerprint density at radius 1 is 0.694 bits per heavy atom. The van der Waals surface area contributed by atoms with Crippen LogP contribution >= 0.6 is 31.9 Å². The zero-order valence-corrected chi connectivity index (χ0v) is 30.2. The molecule has 0 spiro atoms. The lowest BCUT2D eigenvalue weighted by Gasteiger charge is -2.23. The standard InChI is InChI=1S/C18H21BrN6.C16H18BrN7/c19-15-12-22-25-17(21-11-13-5-4-8-20-10-13)9-16(24-18(15)25)23-14-6-2-1-3-7-14;17-13-10-21-24-15(20-8-11-2-1-4-18-7-11)6-14(23-16(13)24)22-12-3-5-19-9-12/h4-5,8-10,12,14,21H,1-3,6-7,11H2,(H,23,24);1-2,4,6-7,10,12,19-20H,3,5,8-9H2,(H,22,23). The van der Waals surface area contributed by atoms with Gasteiger partial charge in [0.05, 0.1) is 21.3 Å². The fraction of sp³-hybridized carbons (Fsp3) is 0.353. The topological polar surface area (TPSA) is 146 Å². The van der Waals surface area contributed by atoms with E-state index in [1.54, 1.807) is 29.3 Å². The number of anilines is 4. The van der Waals surface area contributed by atoms with E-state index in [1.165, 1.54) is 32.1 Å². The van der Waals surface area contributed by atoms with Crippen molar-refractivity contribution in [1.82, 2.24) is 44.5 Å². The van der Waals surface area contributed by atoms with Crippen LogP contribution in [0.25, 0.3) is 11.3 Å². The number of nitrogens with one attached hydrogen (secondary N) is 5. The molecule has 1 aliphatic heterocycles. The van der Waals surface area contributed by atoms with Crippen LogP contribution in [0.2, 0.25) is 0 Å². The summed E-state index contributed by atoms with van der Waals surface area (Å²) < 4.78 is 5.40. The fourth-order valence-electron chi connectivity index (χ4n) is 6.11. The van der Waals surface area contributed by atoms with Gasteiger partial charge in [-0.05, 0) is 80.9 Å². The second-order valence-corrected chi connectivity index (χ2v) is 14.0. The second kappa shape index (κ2) is 15.9. The summed E-state index contributed by atoms with van der Waals surface area (Å²) in [4.78, 5) is 17.7. The van der Waals surface area contributed by atoms with Crippen LogP contribution in [-0.2, 0) is 13.1 Å². The Morgan fingerprint density at radius 3 is 1.73 bits per heavy atom. The van der Waals surface area contributed by atoms with Crippen molar-refractivity contribution in [2.24, 2.45) is 0 Å². The first-order chi connectivity index (χ1) is 24.1. The number of hydrogen-bond donors (Lipinski definition) is 5. The maximum atomic E-state index is 4.73. The van der Waals surface area contributed by atoms with Crippen molar-refractivity contribution in [1.29, 1.82) is 0 Å². The van der Waals surface area contributed by atoms with E-state index in [4.69, 9.17) is 4.98 Å². The summed E-state index contributed by atoms with van der Waals surface area (Å²) in [6.45, 7) is 3.37. The van der Waals surface area contributed by atoms with E-state index in [0.29, 0.717) is 25.2 Å². The summed E-state index contributed by atoms with van der Waals surface area (Å²) in [5.74, 6) is 3.56. The Morgan fingerprint density at radius 2 is 1.24 bits per heavy atom. The van der Waals surface area contributed by atoms with Crippen LogP contribution in [-0.4, -0.2) is 64.3 Å². The molecule has 0 radical (unpaired) electrons. The molecule has 2 aliphatic rings. The molecule has 6 aromatic rings. The van der Waals surface area contributed by atoms with Gasteiger partial charge in [0, 0.05) is 68.6 Å². The van der Waals surface area contributed by atoms with Crippen LogP contribution in [0.1, 0.15) is 49.7 Å². The molecule has 6 aromatic heterocycles. The van der Waals surface area contributed by atoms with Crippen molar-refractivity contribution >= 4 is 66.4 Å². The zero-order chi connectivity index (χ0) is 33.4. The molecule has 13 nitrogen and oxygen atoms in total. The third kappa shape index (κ3) is 8.46. The minimum atomic E-state index is 0.410. The van der Waals surface area contributed by atoms with Crippen molar-refractivity contribution in [3.05, 3.63) is 93.7 Å². The Balaban J connectivity index is 0.000000154. The molecular weight excluding hydrogens is 750 g/mol. The van der Waals surface area contributed by atoms with Gasteiger partial charge in [-0.25, -0.2) is 9.97 Å². The highest BCUT2D eigenvalue weighted by Gasteiger charge is 2.18. The van der Waals surface area contributed by atoms with Crippen molar-refractivity contribution in [2.75, 3.05) is 34.4 Å². The summed E-state index contributed by atoms with van der Waals surface area (Å²) in [6, 6.07) is 12.9. The van der Waals surface area contributed by atoms with Gasteiger partial charge in [0.1, 0.15) is 23.3 Å². The van der Waals surface area contributed by atoms with E-state index in [1.807, 2.05) is 47.2 Å². The molecule has 5 N–H and O–H groups in total. The largest absolute Gasteiger partial charge is 0.367 e. The molecule has 1 saturated heterocycles. The molecule has 1 atom stereocenters. The molecule has 8 rings (SSSR count). The number of fused-ring (bicyclic) bond motifs is 2. The highest BCUT2D eigenvalue weighted by atomic mass is 79.9. The Bertz CT molecular complexity index is 1950. The first kappa shape index (κ1) is 33.2. The van der Waals surface area contributed by atoms with Crippen LogP contribution in [0, 0.1) is 0 Å². The first-order valence-electron chi connectivity index (χ1n) is 16.7. The third-order valence-corrected chi connectivity index (χ3v) is 9.74. The number of nitrogens with zero attached hydrogens (tertiary/aromatic N) is 8. The van der Waals surface area contributed by atoms with Gasteiger partial charge in [0.25, 0.3) is 0 Å². The third-order valence-electron chi connectivity index (χ3n) is 8.62. The number of pyridine rings is 2. The molecular formula is C34H39Br2N13. The van der Waals surface area contributed by atoms with Crippen LogP contribution in [0.5, 0.6) is 0 Å². The average Bonchev–Trinajstić information content (AvgIpc) is 3.89. The van der Waals surface area contributed by atoms with Gasteiger partial charge in [-0.15, -0.1) is 0 Å². The molecule has 7 heterocycles. The van der Waals surface area contributed by atoms with Crippen LogP contribution in [0.3, 0.4) is 0 Å². The predicted molar refractivity (Wildman–Crippen MR) is 200 cm³/mol. The number of aromatic nitrogens is 8. The van der Waals surface area contributed by atoms with Crippen LogP contribution in [0.4, 0.5) is 23.3 Å². The maximum Gasteiger partial charge on any atom is 0.173 e. The summed E-state index contributed by atoms with van der Waals surface area (Å²) in [5, 5.41) is 26.2. The van der Waals surface area contributed by atoms with Gasteiger partial charge >= 0.3 is 0 Å². The van der Waals surface area contributed by atoms with E-state index < -0.39 is 0 Å². The smallest absolute Gasteiger partial charge is 0.173 e. The highest BCUT2D eigenvalue weighted by Crippen LogP contribution is 2.27. The molecule has 0 amide bonds. The average molecular weight is 790 g/mol. The normalized spacial score (nSPS) is 16.3. The maximum absolute atomic E-state index is 4.73. The number of halogens is 2. The van der Waals surface area contributed by atoms with E-state index in [0.717, 1.165) is 74.1 Å². The van der Waals surface area contributed by atoms with E-state index in [9.17, 15) is 0 Å². The SMILES string of the molecule is Brc1cnn2c(NCc3cccnc3)cc(NC3CCCCC3)nc12.Brc1cnn2c(NCc3cccnc3)cc(NC3CCNC3)nc12. The number of rotatable bonds is 10. The predicted octanol–water partition coefficient (Wildman–Crippen LogP) is 6.52. The van der Waals surface area contributed by atoms with Gasteiger partial charge < -0.3 is 26.6 Å².